The normalized spacial score (nSPS) is 20.1. The van der Waals surface area contributed by atoms with Gasteiger partial charge in [0, 0.05) is 24.5 Å². The van der Waals surface area contributed by atoms with E-state index in [1.165, 1.54) is 23.9 Å². The van der Waals surface area contributed by atoms with Gasteiger partial charge < -0.3 is 14.6 Å². The zero-order valence-electron chi connectivity index (χ0n) is 13.1. The zero-order valence-corrected chi connectivity index (χ0v) is 13.9. The Hall–Kier alpha value is -1.01. The molecule has 1 unspecified atom stereocenters. The highest BCUT2D eigenvalue weighted by molar-refractivity contribution is 7.99. The fourth-order valence-corrected chi connectivity index (χ4v) is 3.69. The average molecular weight is 311 g/mol. The van der Waals surface area contributed by atoms with Crippen LogP contribution in [0.3, 0.4) is 0 Å². The first-order valence-electron chi connectivity index (χ1n) is 7.67. The fourth-order valence-electron chi connectivity index (χ4n) is 2.91. The summed E-state index contributed by atoms with van der Waals surface area (Å²) in [5, 5.41) is 9.76. The molecule has 0 amide bonds. The molecule has 0 bridgehead atoms. The Kier molecular flexibility index (Phi) is 5.70. The quantitative estimate of drug-likeness (QED) is 0.819. The Morgan fingerprint density at radius 1 is 1.57 bits per heavy atom. The number of carboxylic acid groups (broad SMARTS) is 1. The van der Waals surface area contributed by atoms with E-state index in [1.54, 1.807) is 0 Å². The van der Waals surface area contributed by atoms with Crippen molar-refractivity contribution in [2.24, 2.45) is 0 Å². The molecule has 0 aromatic carbocycles. The third-order valence-electron chi connectivity index (χ3n) is 4.00. The summed E-state index contributed by atoms with van der Waals surface area (Å²) < 4.78 is 2.29. The van der Waals surface area contributed by atoms with Gasteiger partial charge in [0.2, 0.25) is 0 Å². The number of rotatable bonds is 6. The molecule has 118 valence electrons. The number of aromatic nitrogens is 2. The van der Waals surface area contributed by atoms with Crippen LogP contribution in [0.15, 0.2) is 11.4 Å². The molecule has 0 radical (unpaired) electrons. The molecule has 0 spiro atoms. The smallest absolute Gasteiger partial charge is 0.313 e. The van der Waals surface area contributed by atoms with E-state index in [1.807, 2.05) is 6.20 Å². The van der Waals surface area contributed by atoms with E-state index in [9.17, 15) is 4.79 Å². The predicted octanol–water partition coefficient (Wildman–Crippen LogP) is 2.84. The Morgan fingerprint density at radius 3 is 2.95 bits per heavy atom. The molecule has 1 N–H and O–H groups in total. The minimum atomic E-state index is -0.792. The number of carboxylic acids is 1. The molecule has 21 heavy (non-hydrogen) atoms. The van der Waals surface area contributed by atoms with Crippen LogP contribution < -0.4 is 0 Å². The molecule has 1 atom stereocenters. The maximum absolute atomic E-state index is 10.8. The van der Waals surface area contributed by atoms with Crippen molar-refractivity contribution in [3.05, 3.63) is 11.9 Å². The number of aliphatic carboxylic acids is 1. The molecule has 2 rings (SSSR count). The third-order valence-corrected chi connectivity index (χ3v) is 4.95. The summed E-state index contributed by atoms with van der Waals surface area (Å²) >= 11 is 1.33. The first-order chi connectivity index (χ1) is 10.0. The number of likely N-dealkylation sites (N-methyl/N-ethyl adjacent to an activating group) is 1. The van der Waals surface area contributed by atoms with Crippen molar-refractivity contribution < 1.29 is 9.90 Å². The monoisotopic (exact) mass is 311 g/mol. The van der Waals surface area contributed by atoms with Crippen LogP contribution in [0.5, 0.6) is 0 Å². The standard InChI is InChI=1S/C15H25N3O2S/c1-4-17-7-5-6-12(9-17)18-13(11(2)3)8-16-15(18)21-10-14(19)20/h8,11-12H,4-7,9-10H2,1-3H3,(H,19,20). The van der Waals surface area contributed by atoms with E-state index < -0.39 is 5.97 Å². The highest BCUT2D eigenvalue weighted by Gasteiger charge is 2.25. The van der Waals surface area contributed by atoms with Crippen molar-refractivity contribution >= 4 is 17.7 Å². The molecule has 2 heterocycles. The van der Waals surface area contributed by atoms with Gasteiger partial charge in [-0.1, -0.05) is 32.5 Å². The molecule has 1 fully saturated rings. The highest BCUT2D eigenvalue weighted by atomic mass is 32.2. The number of piperidine rings is 1. The fraction of sp³-hybridized carbons (Fsp3) is 0.733. The lowest BCUT2D eigenvalue weighted by molar-refractivity contribution is -0.133. The number of imidazole rings is 1. The largest absolute Gasteiger partial charge is 0.481 e. The number of nitrogens with zero attached hydrogens (tertiary/aromatic N) is 3. The first kappa shape index (κ1) is 16.4. The Labute approximate surface area is 130 Å². The summed E-state index contributed by atoms with van der Waals surface area (Å²) in [5.74, 6) is -0.327. The molecule has 1 aromatic rings. The van der Waals surface area contributed by atoms with Crippen molar-refractivity contribution in [3.63, 3.8) is 0 Å². The topological polar surface area (TPSA) is 58.4 Å². The lowest BCUT2D eigenvalue weighted by Gasteiger charge is -2.34. The van der Waals surface area contributed by atoms with E-state index in [0.717, 1.165) is 31.2 Å². The van der Waals surface area contributed by atoms with Crippen LogP contribution in [-0.4, -0.2) is 50.9 Å². The van der Waals surface area contributed by atoms with Gasteiger partial charge in [0.1, 0.15) is 0 Å². The molecular weight excluding hydrogens is 286 g/mol. The second-order valence-corrected chi connectivity index (χ2v) is 6.80. The minimum absolute atomic E-state index is 0.0682. The van der Waals surface area contributed by atoms with E-state index in [4.69, 9.17) is 5.11 Å². The minimum Gasteiger partial charge on any atom is -0.481 e. The third kappa shape index (κ3) is 4.01. The lowest BCUT2D eigenvalue weighted by atomic mass is 10.0. The second kappa shape index (κ2) is 7.31. The van der Waals surface area contributed by atoms with Crippen molar-refractivity contribution in [3.8, 4) is 0 Å². The molecule has 6 heteroatoms. The summed E-state index contributed by atoms with van der Waals surface area (Å²) in [7, 11) is 0. The van der Waals surface area contributed by atoms with Crippen LogP contribution in [0.2, 0.25) is 0 Å². The molecule has 0 aliphatic carbocycles. The summed E-state index contributed by atoms with van der Waals surface area (Å²) in [6.07, 6.45) is 4.25. The van der Waals surface area contributed by atoms with Gasteiger partial charge in [0.05, 0.1) is 5.75 Å². The van der Waals surface area contributed by atoms with Gasteiger partial charge in [-0.15, -0.1) is 0 Å². The number of carbonyl (C=O) groups is 1. The first-order valence-corrected chi connectivity index (χ1v) is 8.65. The predicted molar refractivity (Wildman–Crippen MR) is 85.1 cm³/mol. The number of hydrogen-bond acceptors (Lipinski definition) is 4. The molecule has 1 aliphatic rings. The number of thioether (sulfide) groups is 1. The molecule has 5 nitrogen and oxygen atoms in total. The second-order valence-electron chi connectivity index (χ2n) is 5.86. The van der Waals surface area contributed by atoms with Crippen LogP contribution in [0.25, 0.3) is 0 Å². The molecular formula is C15H25N3O2S. The van der Waals surface area contributed by atoms with Crippen molar-refractivity contribution in [2.45, 2.75) is 50.7 Å². The van der Waals surface area contributed by atoms with Crippen LogP contribution in [0.1, 0.15) is 51.3 Å². The van der Waals surface area contributed by atoms with Gasteiger partial charge in [-0.25, -0.2) is 4.98 Å². The van der Waals surface area contributed by atoms with E-state index in [2.05, 4.69) is 35.2 Å². The van der Waals surface area contributed by atoms with E-state index >= 15 is 0 Å². The maximum Gasteiger partial charge on any atom is 0.313 e. The Morgan fingerprint density at radius 2 is 2.33 bits per heavy atom. The number of hydrogen-bond donors (Lipinski definition) is 1. The molecule has 1 saturated heterocycles. The van der Waals surface area contributed by atoms with E-state index in [0.29, 0.717) is 12.0 Å². The number of likely N-dealkylation sites (tertiary alicyclic amines) is 1. The summed E-state index contributed by atoms with van der Waals surface area (Å²) in [5.41, 5.74) is 1.21. The van der Waals surface area contributed by atoms with Crippen molar-refractivity contribution in [2.75, 3.05) is 25.4 Å². The van der Waals surface area contributed by atoms with Gasteiger partial charge in [-0.2, -0.15) is 0 Å². The van der Waals surface area contributed by atoms with Crippen LogP contribution >= 0.6 is 11.8 Å². The van der Waals surface area contributed by atoms with Gasteiger partial charge >= 0.3 is 5.97 Å². The Bertz CT molecular complexity index is 487. The van der Waals surface area contributed by atoms with Gasteiger partial charge in [-0.3, -0.25) is 4.79 Å². The molecule has 1 aromatic heterocycles. The summed E-state index contributed by atoms with van der Waals surface area (Å²) in [4.78, 5) is 17.8. The molecule has 1 aliphatic heterocycles. The van der Waals surface area contributed by atoms with Gasteiger partial charge in [0.15, 0.2) is 5.16 Å². The van der Waals surface area contributed by atoms with Gasteiger partial charge in [0.25, 0.3) is 0 Å². The zero-order chi connectivity index (χ0) is 15.4. The van der Waals surface area contributed by atoms with Crippen molar-refractivity contribution in [1.29, 1.82) is 0 Å². The molecule has 0 saturated carbocycles. The average Bonchev–Trinajstić information content (AvgIpc) is 2.89. The summed E-state index contributed by atoms with van der Waals surface area (Å²) in [6, 6.07) is 0.412. The lowest BCUT2D eigenvalue weighted by Crippen LogP contribution is -2.37. The van der Waals surface area contributed by atoms with Crippen LogP contribution in [0.4, 0.5) is 0 Å². The van der Waals surface area contributed by atoms with Crippen LogP contribution in [-0.2, 0) is 4.79 Å². The highest BCUT2D eigenvalue weighted by Crippen LogP contribution is 2.31. The van der Waals surface area contributed by atoms with E-state index in [-0.39, 0.29) is 5.75 Å². The SMILES string of the molecule is CCN1CCCC(n2c(C(C)C)cnc2SCC(=O)O)C1. The van der Waals surface area contributed by atoms with Gasteiger partial charge in [-0.05, 0) is 31.8 Å². The van der Waals surface area contributed by atoms with Crippen molar-refractivity contribution in [1.82, 2.24) is 14.5 Å². The van der Waals surface area contributed by atoms with Crippen LogP contribution in [0, 0.1) is 0 Å². The maximum atomic E-state index is 10.8. The Balaban J connectivity index is 2.25. The summed E-state index contributed by atoms with van der Waals surface area (Å²) in [6.45, 7) is 9.79.